The maximum Gasteiger partial charge on any atom is 0.0772 e. The van der Waals surface area contributed by atoms with E-state index in [1.165, 1.54) is 128 Å². The second-order valence-electron chi connectivity index (χ2n) is 40.5. The standard InChI is InChI=1S/C69H48N6.C69H50N2/c1-67(2)55-28-8-7-23-49(55)54-39-60-64(40-59(54)67)75(63-34-14-11-31-58(63)69(60,47-21-17-37-72-43-47)48-22-18-38-73-44-48)66-52-26-5-3-24-50(52)65(51-25-4-6-27-53(51)66)74-61-32-12-9-29-56(61)68(45-19-15-35-70-41-45,46-20-16-36-71-42-46)57-30-10-13-33-62(57)74;1-67(2)55-36-16-15-33-51(55)54-45-60-66(46-59(54)67)71(65-42-22-19-39-58(65)69(60,49-29-11-5-12-30-49)50-31-13-6-14-32-50)62-44-24-34-52-53(62)35-23-43-61(52)70-63-40-20-17-37-56(63)68(47-25-7-3-8-26-47,48-27-9-4-10-28-48)57-38-18-21-41-64(57)70/h3-44H,1-2H3;3-46H,1-2H3. The van der Waals surface area contributed by atoms with Gasteiger partial charge in [0.25, 0.3) is 0 Å². The molecule has 8 heteroatoms. The zero-order chi connectivity index (χ0) is 97.2. The lowest BCUT2D eigenvalue weighted by Crippen LogP contribution is -2.38. The molecule has 0 atom stereocenters. The van der Waals surface area contributed by atoms with Crippen molar-refractivity contribution in [3.05, 3.63) is 634 Å². The number of pyridine rings is 4. The average Bonchev–Trinajstić information content (AvgIpc) is 1.38. The van der Waals surface area contributed by atoms with Crippen LogP contribution in [0.3, 0.4) is 0 Å². The molecule has 0 spiro atoms. The highest BCUT2D eigenvalue weighted by molar-refractivity contribution is 6.25. The minimum atomic E-state index is -0.788. The first-order valence-corrected chi connectivity index (χ1v) is 50.7. The van der Waals surface area contributed by atoms with E-state index in [4.69, 9.17) is 19.9 Å². The maximum absolute atomic E-state index is 4.85. The number of hydrogen-bond donors (Lipinski definition) is 0. The van der Waals surface area contributed by atoms with E-state index >= 15 is 0 Å². The third-order valence-electron chi connectivity index (χ3n) is 32.9. The van der Waals surface area contributed by atoms with Gasteiger partial charge in [-0.05, 0) is 231 Å². The minimum absolute atomic E-state index is 0.207. The molecule has 4 aliphatic heterocycles. The van der Waals surface area contributed by atoms with E-state index in [1.807, 2.05) is 49.3 Å². The van der Waals surface area contributed by atoms with E-state index in [9.17, 15) is 0 Å². The number of hydrogen-bond acceptors (Lipinski definition) is 8. The van der Waals surface area contributed by atoms with Gasteiger partial charge in [-0.1, -0.05) is 404 Å². The average molecular weight is 1870 g/mol. The van der Waals surface area contributed by atoms with Crippen molar-refractivity contribution >= 4 is 101 Å². The van der Waals surface area contributed by atoms with Crippen LogP contribution in [0.4, 0.5) is 68.2 Å². The summed E-state index contributed by atoms with van der Waals surface area (Å²) in [4.78, 5) is 29.5. The molecule has 0 saturated heterocycles. The molecule has 8 nitrogen and oxygen atoms in total. The highest BCUT2D eigenvalue weighted by Crippen LogP contribution is 2.69. The minimum Gasteiger partial charge on any atom is -0.309 e. The molecule has 690 valence electrons. The molecular formula is C138H98N8. The second-order valence-corrected chi connectivity index (χ2v) is 40.5. The van der Waals surface area contributed by atoms with Crippen LogP contribution in [0.5, 0.6) is 0 Å². The number of benzene rings is 19. The Morgan fingerprint density at radius 2 is 0.370 bits per heavy atom. The van der Waals surface area contributed by atoms with E-state index in [1.54, 1.807) is 0 Å². The van der Waals surface area contributed by atoms with Crippen LogP contribution in [-0.2, 0) is 32.5 Å². The van der Waals surface area contributed by atoms with Gasteiger partial charge in [0.15, 0.2) is 0 Å². The maximum atomic E-state index is 4.85. The zero-order valence-corrected chi connectivity index (χ0v) is 81.2. The lowest BCUT2D eigenvalue weighted by molar-refractivity contribution is 0.658. The normalized spacial score (nSPS) is 15.1. The van der Waals surface area contributed by atoms with E-state index in [-0.39, 0.29) is 10.8 Å². The number of rotatable bonds is 12. The predicted octanol–water partition coefficient (Wildman–Crippen LogP) is 33.7. The number of nitrogens with zero attached hydrogens (tertiary/aromatic N) is 8. The van der Waals surface area contributed by atoms with Crippen molar-refractivity contribution in [3.63, 3.8) is 0 Å². The van der Waals surface area contributed by atoms with Gasteiger partial charge in [-0.25, -0.2) is 0 Å². The van der Waals surface area contributed by atoms with Crippen LogP contribution >= 0.6 is 0 Å². The van der Waals surface area contributed by atoms with E-state index < -0.39 is 21.7 Å². The first kappa shape index (κ1) is 85.7. The van der Waals surface area contributed by atoms with Gasteiger partial charge in [0, 0.05) is 92.7 Å². The van der Waals surface area contributed by atoms with Crippen molar-refractivity contribution in [2.45, 2.75) is 60.2 Å². The van der Waals surface area contributed by atoms with Crippen molar-refractivity contribution in [1.29, 1.82) is 0 Å². The fraction of sp³-hybridized carbons (Fsp3) is 0.0725. The lowest BCUT2D eigenvalue weighted by atomic mass is 9.62. The van der Waals surface area contributed by atoms with Crippen LogP contribution in [0.1, 0.15) is 139 Å². The largest absolute Gasteiger partial charge is 0.309 e. The van der Waals surface area contributed by atoms with Crippen molar-refractivity contribution in [2.75, 3.05) is 19.6 Å². The first-order valence-electron chi connectivity index (χ1n) is 50.7. The van der Waals surface area contributed by atoms with E-state index in [0.717, 1.165) is 106 Å². The number of para-hydroxylation sites is 6. The molecule has 4 aromatic heterocycles. The Hall–Kier alpha value is -18.2. The molecule has 19 aromatic carbocycles. The topological polar surface area (TPSA) is 64.5 Å². The molecule has 0 amide bonds. The van der Waals surface area contributed by atoms with Gasteiger partial charge < -0.3 is 19.6 Å². The molecule has 0 radical (unpaired) electrons. The summed E-state index contributed by atoms with van der Waals surface area (Å²) in [5, 5.41) is 6.90. The van der Waals surface area contributed by atoms with Gasteiger partial charge in [-0.15, -0.1) is 0 Å². The summed E-state index contributed by atoms with van der Waals surface area (Å²) in [7, 11) is 0. The molecule has 6 aliphatic rings. The molecule has 0 N–H and O–H groups in total. The van der Waals surface area contributed by atoms with Gasteiger partial charge >= 0.3 is 0 Å². The van der Waals surface area contributed by atoms with Crippen LogP contribution in [0, 0.1) is 0 Å². The van der Waals surface area contributed by atoms with Crippen LogP contribution in [0.2, 0.25) is 0 Å². The Balaban J connectivity index is 0.000000142. The summed E-state index contributed by atoms with van der Waals surface area (Å²) in [5.74, 6) is 0. The van der Waals surface area contributed by atoms with Gasteiger partial charge in [0.05, 0.1) is 89.9 Å². The SMILES string of the molecule is CC1(C)c2ccccc2-c2cc3c(cc21)N(c1c2ccccc2c(N2c4ccccc4C(c4cccnc4)(c4cccnc4)c4ccccc42)c2ccccc12)c1ccccc1C3(c1cccnc1)c1cccnc1.CC1(C)c2ccccc2-c2cc3c(cc21)N(c1cccc2c(N4c5ccccc5C(c5ccccc5)(c5ccccc5)c5ccccc54)cccc12)c1ccccc1C3(c1ccccc1)c1ccccc1. The predicted molar refractivity (Wildman–Crippen MR) is 598 cm³/mol. The third kappa shape index (κ3) is 12.0. The Morgan fingerprint density at radius 3 is 0.678 bits per heavy atom. The highest BCUT2D eigenvalue weighted by Gasteiger charge is 2.55. The monoisotopic (exact) mass is 1870 g/mol. The molecule has 0 unspecified atom stereocenters. The third-order valence-corrected chi connectivity index (χ3v) is 32.9. The van der Waals surface area contributed by atoms with E-state index in [2.05, 4.69) is 521 Å². The molecule has 23 aromatic rings. The van der Waals surface area contributed by atoms with Crippen molar-refractivity contribution < 1.29 is 0 Å². The van der Waals surface area contributed by atoms with Gasteiger partial charge in [0.1, 0.15) is 0 Å². The Labute approximate surface area is 850 Å². The summed E-state index contributed by atoms with van der Waals surface area (Å²) < 4.78 is 0. The Bertz CT molecular complexity index is 8840. The Morgan fingerprint density at radius 1 is 0.151 bits per heavy atom. The number of anilines is 12. The summed E-state index contributed by atoms with van der Waals surface area (Å²) in [6.07, 6.45) is 15.6. The zero-order valence-electron chi connectivity index (χ0n) is 81.2. The van der Waals surface area contributed by atoms with Crippen LogP contribution < -0.4 is 19.6 Å². The molecule has 29 rings (SSSR count). The molecule has 2 aliphatic carbocycles. The number of aromatic nitrogens is 4. The quantitative estimate of drug-likeness (QED) is 0.112. The van der Waals surface area contributed by atoms with Gasteiger partial charge in [0.2, 0.25) is 0 Å². The molecule has 0 fully saturated rings. The van der Waals surface area contributed by atoms with Gasteiger partial charge in [-0.3, -0.25) is 19.9 Å². The highest BCUT2D eigenvalue weighted by atomic mass is 15.2. The fourth-order valence-corrected chi connectivity index (χ4v) is 26.9. The van der Waals surface area contributed by atoms with E-state index in [0.29, 0.717) is 0 Å². The lowest BCUT2D eigenvalue weighted by Gasteiger charge is -2.48. The summed E-state index contributed by atoms with van der Waals surface area (Å²) in [6.45, 7) is 9.56. The summed E-state index contributed by atoms with van der Waals surface area (Å²) >= 11 is 0. The molecule has 0 bridgehead atoms. The van der Waals surface area contributed by atoms with Crippen LogP contribution in [0.15, 0.2) is 523 Å². The van der Waals surface area contributed by atoms with Crippen LogP contribution in [-0.4, -0.2) is 19.9 Å². The first-order chi connectivity index (χ1) is 72.0. The van der Waals surface area contributed by atoms with Crippen molar-refractivity contribution in [1.82, 2.24) is 19.9 Å². The van der Waals surface area contributed by atoms with Crippen LogP contribution in [0.25, 0.3) is 54.6 Å². The van der Waals surface area contributed by atoms with Crippen molar-refractivity contribution in [2.24, 2.45) is 0 Å². The second kappa shape index (κ2) is 33.2. The summed E-state index contributed by atoms with van der Waals surface area (Å²) in [5.41, 5.74) is 39.9. The molecular weight excluding hydrogens is 1770 g/mol. The fourth-order valence-electron chi connectivity index (χ4n) is 26.9. The summed E-state index contributed by atoms with van der Waals surface area (Å²) in [6, 6.07) is 176. The van der Waals surface area contributed by atoms with Crippen molar-refractivity contribution in [3.8, 4) is 22.3 Å². The Kier molecular flexibility index (Phi) is 19.5. The molecule has 0 saturated carbocycles. The van der Waals surface area contributed by atoms with Gasteiger partial charge in [-0.2, -0.15) is 0 Å². The number of fused-ring (bicyclic) bond motifs is 17. The smallest absolute Gasteiger partial charge is 0.0772 e. The molecule has 8 heterocycles. The molecule has 146 heavy (non-hydrogen) atoms.